The van der Waals surface area contributed by atoms with E-state index in [2.05, 4.69) is 24.3 Å². The van der Waals surface area contributed by atoms with Gasteiger partial charge in [0.1, 0.15) is 0 Å². The standard InChI is InChI=1S/C14H19N/c15-12-5-3-8-14(10-12)9-7-11-4-1-2-6-13(11)14/h1-2,4,6,12H,3,5,7-10,15H2. The molecule has 0 heterocycles. The zero-order valence-corrected chi connectivity index (χ0v) is 9.21. The fraction of sp³-hybridized carbons (Fsp3) is 0.571. The second-order valence-electron chi connectivity index (χ2n) is 5.29. The van der Waals surface area contributed by atoms with Crippen molar-refractivity contribution in [1.29, 1.82) is 0 Å². The van der Waals surface area contributed by atoms with Gasteiger partial charge in [0, 0.05) is 6.04 Å². The zero-order chi connectivity index (χ0) is 10.3. The Morgan fingerprint density at radius 3 is 2.93 bits per heavy atom. The Bertz CT molecular complexity index is 367. The summed E-state index contributed by atoms with van der Waals surface area (Å²) in [6.45, 7) is 0. The topological polar surface area (TPSA) is 26.0 Å². The molecule has 15 heavy (non-hydrogen) atoms. The van der Waals surface area contributed by atoms with Crippen molar-refractivity contribution in [2.45, 2.75) is 50.0 Å². The number of nitrogens with two attached hydrogens (primary N) is 1. The minimum Gasteiger partial charge on any atom is -0.328 e. The van der Waals surface area contributed by atoms with Crippen molar-refractivity contribution in [1.82, 2.24) is 0 Å². The number of aryl methyl sites for hydroxylation is 1. The van der Waals surface area contributed by atoms with Crippen molar-refractivity contribution >= 4 is 0 Å². The third kappa shape index (κ3) is 1.41. The van der Waals surface area contributed by atoms with E-state index in [4.69, 9.17) is 5.73 Å². The van der Waals surface area contributed by atoms with Crippen LogP contribution in [0.1, 0.15) is 43.2 Å². The maximum absolute atomic E-state index is 6.15. The Labute approximate surface area is 91.7 Å². The molecule has 0 bridgehead atoms. The number of hydrogen-bond acceptors (Lipinski definition) is 1. The van der Waals surface area contributed by atoms with Crippen LogP contribution in [-0.4, -0.2) is 6.04 Å². The highest BCUT2D eigenvalue weighted by atomic mass is 14.7. The van der Waals surface area contributed by atoms with Crippen LogP contribution in [0.15, 0.2) is 24.3 Å². The highest BCUT2D eigenvalue weighted by Crippen LogP contribution is 2.48. The summed E-state index contributed by atoms with van der Waals surface area (Å²) in [6, 6.07) is 9.42. The SMILES string of the molecule is NC1CCCC2(CCc3ccccc32)C1. The van der Waals surface area contributed by atoms with E-state index in [1.807, 2.05) is 0 Å². The Morgan fingerprint density at radius 2 is 2.07 bits per heavy atom. The summed E-state index contributed by atoms with van der Waals surface area (Å²) in [4.78, 5) is 0. The smallest absolute Gasteiger partial charge is 0.00473 e. The van der Waals surface area contributed by atoms with Gasteiger partial charge >= 0.3 is 0 Å². The molecule has 2 aliphatic rings. The predicted molar refractivity (Wildman–Crippen MR) is 62.9 cm³/mol. The van der Waals surface area contributed by atoms with Gasteiger partial charge in [-0.2, -0.15) is 0 Å². The second-order valence-corrected chi connectivity index (χ2v) is 5.29. The van der Waals surface area contributed by atoms with E-state index < -0.39 is 0 Å². The molecule has 0 aromatic heterocycles. The molecule has 2 aliphatic carbocycles. The van der Waals surface area contributed by atoms with Crippen molar-refractivity contribution in [3.63, 3.8) is 0 Å². The van der Waals surface area contributed by atoms with Gasteiger partial charge in [0.2, 0.25) is 0 Å². The van der Waals surface area contributed by atoms with Gasteiger partial charge in [0.15, 0.2) is 0 Å². The molecule has 1 fully saturated rings. The first-order valence-electron chi connectivity index (χ1n) is 6.14. The summed E-state index contributed by atoms with van der Waals surface area (Å²) in [5.74, 6) is 0. The van der Waals surface area contributed by atoms with Gasteiger partial charge in [0.25, 0.3) is 0 Å². The summed E-state index contributed by atoms with van der Waals surface area (Å²) in [6.07, 6.45) is 7.71. The highest BCUT2D eigenvalue weighted by Gasteiger charge is 2.41. The first-order chi connectivity index (χ1) is 7.30. The predicted octanol–water partition coefficient (Wildman–Crippen LogP) is 2.77. The van der Waals surface area contributed by atoms with E-state index in [-0.39, 0.29) is 0 Å². The molecule has 2 atom stereocenters. The summed E-state index contributed by atoms with van der Waals surface area (Å²) >= 11 is 0. The van der Waals surface area contributed by atoms with Crippen LogP contribution in [0.2, 0.25) is 0 Å². The van der Waals surface area contributed by atoms with Crippen LogP contribution in [0, 0.1) is 0 Å². The molecule has 1 saturated carbocycles. The normalized spacial score (nSPS) is 34.3. The van der Waals surface area contributed by atoms with Crippen LogP contribution in [0.5, 0.6) is 0 Å². The van der Waals surface area contributed by atoms with Crippen molar-refractivity contribution in [3.05, 3.63) is 35.4 Å². The average molecular weight is 201 g/mol. The van der Waals surface area contributed by atoms with E-state index >= 15 is 0 Å². The molecular weight excluding hydrogens is 182 g/mol. The summed E-state index contributed by atoms with van der Waals surface area (Å²) < 4.78 is 0. The monoisotopic (exact) mass is 201 g/mol. The van der Waals surface area contributed by atoms with Gasteiger partial charge < -0.3 is 5.73 Å². The number of rotatable bonds is 0. The van der Waals surface area contributed by atoms with Gasteiger partial charge in [0.05, 0.1) is 0 Å². The van der Waals surface area contributed by atoms with E-state index in [0.717, 1.165) is 0 Å². The van der Waals surface area contributed by atoms with Crippen LogP contribution in [0.25, 0.3) is 0 Å². The zero-order valence-electron chi connectivity index (χ0n) is 9.21. The molecule has 1 nitrogen and oxygen atoms in total. The molecule has 1 spiro atoms. The molecule has 0 saturated heterocycles. The second kappa shape index (κ2) is 3.34. The largest absolute Gasteiger partial charge is 0.328 e. The number of hydrogen-bond donors (Lipinski definition) is 1. The van der Waals surface area contributed by atoms with E-state index in [1.54, 1.807) is 11.1 Å². The third-order valence-corrected chi connectivity index (χ3v) is 4.34. The van der Waals surface area contributed by atoms with E-state index in [1.165, 1.54) is 38.5 Å². The molecule has 1 heteroatoms. The number of fused-ring (bicyclic) bond motifs is 2. The molecule has 1 aromatic carbocycles. The third-order valence-electron chi connectivity index (χ3n) is 4.34. The van der Waals surface area contributed by atoms with Crippen LogP contribution in [0.4, 0.5) is 0 Å². The van der Waals surface area contributed by atoms with Crippen molar-refractivity contribution in [2.24, 2.45) is 5.73 Å². The lowest BCUT2D eigenvalue weighted by molar-refractivity contribution is 0.265. The summed E-state index contributed by atoms with van der Waals surface area (Å²) in [5.41, 5.74) is 9.79. The maximum Gasteiger partial charge on any atom is 0.00473 e. The van der Waals surface area contributed by atoms with Crippen LogP contribution in [-0.2, 0) is 11.8 Å². The van der Waals surface area contributed by atoms with Crippen LogP contribution >= 0.6 is 0 Å². The Kier molecular flexibility index (Phi) is 2.10. The Hall–Kier alpha value is -0.820. The molecule has 3 rings (SSSR count). The Balaban J connectivity index is 2.00. The van der Waals surface area contributed by atoms with E-state index in [0.29, 0.717) is 11.5 Å². The van der Waals surface area contributed by atoms with Crippen LogP contribution in [0.3, 0.4) is 0 Å². The molecule has 2 N–H and O–H groups in total. The molecule has 80 valence electrons. The minimum absolute atomic E-state index is 0.435. The Morgan fingerprint density at radius 1 is 1.20 bits per heavy atom. The van der Waals surface area contributed by atoms with Gasteiger partial charge in [-0.3, -0.25) is 0 Å². The fourth-order valence-corrected chi connectivity index (χ4v) is 3.64. The average Bonchev–Trinajstić information content (AvgIpc) is 2.59. The lowest BCUT2D eigenvalue weighted by Gasteiger charge is -2.37. The van der Waals surface area contributed by atoms with Crippen molar-refractivity contribution in [2.75, 3.05) is 0 Å². The fourth-order valence-electron chi connectivity index (χ4n) is 3.64. The van der Waals surface area contributed by atoms with Crippen molar-refractivity contribution in [3.8, 4) is 0 Å². The first kappa shape index (κ1) is 9.41. The van der Waals surface area contributed by atoms with Gasteiger partial charge in [-0.25, -0.2) is 0 Å². The minimum atomic E-state index is 0.435. The maximum atomic E-state index is 6.15. The molecule has 0 amide bonds. The summed E-state index contributed by atoms with van der Waals surface area (Å²) in [7, 11) is 0. The van der Waals surface area contributed by atoms with E-state index in [9.17, 15) is 0 Å². The lowest BCUT2D eigenvalue weighted by atomic mass is 9.69. The van der Waals surface area contributed by atoms with Gasteiger partial charge in [-0.05, 0) is 48.6 Å². The van der Waals surface area contributed by atoms with Crippen LogP contribution < -0.4 is 5.73 Å². The molecule has 2 unspecified atom stereocenters. The molecule has 0 aliphatic heterocycles. The quantitative estimate of drug-likeness (QED) is 0.686. The molecule has 1 aromatic rings. The van der Waals surface area contributed by atoms with Gasteiger partial charge in [-0.15, -0.1) is 0 Å². The van der Waals surface area contributed by atoms with Gasteiger partial charge in [-0.1, -0.05) is 30.7 Å². The van der Waals surface area contributed by atoms with Crippen molar-refractivity contribution < 1.29 is 0 Å². The highest BCUT2D eigenvalue weighted by molar-refractivity contribution is 5.39. The lowest BCUT2D eigenvalue weighted by Crippen LogP contribution is -2.37. The molecular formula is C14H19N. The molecule has 0 radical (unpaired) electrons. The first-order valence-corrected chi connectivity index (χ1v) is 6.14. The number of benzene rings is 1. The summed E-state index contributed by atoms with van der Waals surface area (Å²) in [5, 5.41) is 0.